The van der Waals surface area contributed by atoms with Crippen molar-refractivity contribution in [1.29, 1.82) is 0 Å². The lowest BCUT2D eigenvalue weighted by molar-refractivity contribution is -0.384. The molecule has 1 aromatic heterocycles. The molecule has 0 bridgehead atoms. The van der Waals surface area contributed by atoms with Crippen molar-refractivity contribution in [2.75, 3.05) is 18.0 Å². The Bertz CT molecular complexity index is 411. The molecule has 0 saturated heterocycles. The normalized spacial score (nSPS) is 10.6. The average Bonchev–Trinajstić information content (AvgIpc) is 2.24. The van der Waals surface area contributed by atoms with E-state index in [-0.39, 0.29) is 16.7 Å². The molecule has 0 aliphatic heterocycles. The van der Waals surface area contributed by atoms with Crippen molar-refractivity contribution >= 4 is 23.1 Å². The molecule has 0 fully saturated rings. The van der Waals surface area contributed by atoms with Gasteiger partial charge in [-0.1, -0.05) is 25.4 Å². The Balaban J connectivity index is 3.18. The smallest absolute Gasteiger partial charge is 0.348 e. The molecule has 0 spiro atoms. The fourth-order valence-electron chi connectivity index (χ4n) is 1.54. The van der Waals surface area contributed by atoms with E-state index in [1.807, 2.05) is 25.7 Å². The van der Waals surface area contributed by atoms with E-state index < -0.39 is 4.92 Å². The summed E-state index contributed by atoms with van der Waals surface area (Å²) in [6.07, 6.45) is 1.24. The number of anilines is 1. The molecule has 94 valence electrons. The summed E-state index contributed by atoms with van der Waals surface area (Å²) >= 11 is 5.74. The Labute approximate surface area is 105 Å². The zero-order valence-electron chi connectivity index (χ0n) is 10.1. The molecule has 0 unspecified atom stereocenters. The molecule has 0 amide bonds. The van der Waals surface area contributed by atoms with Crippen LogP contribution in [0.3, 0.4) is 0 Å². The van der Waals surface area contributed by atoms with Crippen molar-refractivity contribution in [3.63, 3.8) is 0 Å². The number of hydrogen-bond acceptors (Lipinski definition) is 5. The van der Waals surface area contributed by atoms with Gasteiger partial charge in [-0.2, -0.15) is 0 Å². The van der Waals surface area contributed by atoms with Gasteiger partial charge in [-0.05, 0) is 12.8 Å². The van der Waals surface area contributed by atoms with E-state index in [4.69, 9.17) is 11.6 Å². The number of nitrogens with zero attached hydrogens (tertiary/aromatic N) is 4. The van der Waals surface area contributed by atoms with Crippen molar-refractivity contribution in [3.05, 3.63) is 21.6 Å². The van der Waals surface area contributed by atoms with Crippen LogP contribution in [0.4, 0.5) is 11.5 Å². The molecule has 1 heterocycles. The maximum atomic E-state index is 11.0. The van der Waals surface area contributed by atoms with Crippen LogP contribution in [-0.2, 0) is 0 Å². The summed E-state index contributed by atoms with van der Waals surface area (Å²) in [5.41, 5.74) is -0.225. The van der Waals surface area contributed by atoms with E-state index in [2.05, 4.69) is 9.97 Å². The summed E-state index contributed by atoms with van der Waals surface area (Å²) < 4.78 is 0. The Morgan fingerprint density at radius 3 is 2.65 bits per heavy atom. The molecule has 0 N–H and O–H groups in total. The maximum absolute atomic E-state index is 11.0. The maximum Gasteiger partial charge on any atom is 0.348 e. The van der Waals surface area contributed by atoms with Gasteiger partial charge in [0.25, 0.3) is 0 Å². The zero-order valence-corrected chi connectivity index (χ0v) is 10.8. The Morgan fingerprint density at radius 1 is 1.53 bits per heavy atom. The Hall–Kier alpha value is -1.43. The molecular formula is C10H15ClN4O2. The summed E-state index contributed by atoms with van der Waals surface area (Å²) in [4.78, 5) is 19.9. The standard InChI is InChI=1S/C10H15ClN4O2/c1-4-14(5-7(2)3)10-8(15(16)17)9(11)12-6-13-10/h6-7H,4-5H2,1-3H3. The second-order valence-corrected chi connectivity index (χ2v) is 4.38. The zero-order chi connectivity index (χ0) is 13.0. The fraction of sp³-hybridized carbons (Fsp3) is 0.600. The first-order valence-electron chi connectivity index (χ1n) is 5.37. The van der Waals surface area contributed by atoms with Crippen LogP contribution >= 0.6 is 11.6 Å². The number of nitro groups is 1. The summed E-state index contributed by atoms with van der Waals surface area (Å²) in [5, 5.41) is 10.8. The van der Waals surface area contributed by atoms with Crippen molar-refractivity contribution in [2.24, 2.45) is 5.92 Å². The number of rotatable bonds is 5. The fourth-order valence-corrected chi connectivity index (χ4v) is 1.74. The van der Waals surface area contributed by atoms with Gasteiger partial charge < -0.3 is 4.90 Å². The van der Waals surface area contributed by atoms with E-state index >= 15 is 0 Å². The van der Waals surface area contributed by atoms with Crippen molar-refractivity contribution in [1.82, 2.24) is 9.97 Å². The first-order valence-corrected chi connectivity index (χ1v) is 5.75. The molecule has 7 heteroatoms. The third-order valence-corrected chi connectivity index (χ3v) is 2.48. The minimum absolute atomic E-state index is 0.123. The van der Waals surface area contributed by atoms with Crippen LogP contribution in [0, 0.1) is 16.0 Å². The molecular weight excluding hydrogens is 244 g/mol. The molecule has 1 rings (SSSR count). The van der Waals surface area contributed by atoms with Gasteiger partial charge in [0.15, 0.2) is 0 Å². The second-order valence-electron chi connectivity index (χ2n) is 4.03. The van der Waals surface area contributed by atoms with Crippen LogP contribution in [0.15, 0.2) is 6.33 Å². The van der Waals surface area contributed by atoms with Gasteiger partial charge in [0, 0.05) is 13.1 Å². The number of hydrogen-bond donors (Lipinski definition) is 0. The molecule has 0 aliphatic rings. The van der Waals surface area contributed by atoms with E-state index in [1.165, 1.54) is 6.33 Å². The molecule has 6 nitrogen and oxygen atoms in total. The van der Waals surface area contributed by atoms with Crippen molar-refractivity contribution in [3.8, 4) is 0 Å². The van der Waals surface area contributed by atoms with Gasteiger partial charge >= 0.3 is 5.69 Å². The lowest BCUT2D eigenvalue weighted by atomic mass is 10.2. The highest BCUT2D eigenvalue weighted by atomic mass is 35.5. The third kappa shape index (κ3) is 3.26. The first kappa shape index (κ1) is 13.6. The second kappa shape index (κ2) is 5.77. The molecule has 17 heavy (non-hydrogen) atoms. The van der Waals surface area contributed by atoms with Crippen LogP contribution in [-0.4, -0.2) is 28.0 Å². The molecule has 0 saturated carbocycles. The van der Waals surface area contributed by atoms with Gasteiger partial charge in [-0.15, -0.1) is 0 Å². The highest BCUT2D eigenvalue weighted by molar-refractivity contribution is 6.31. The van der Waals surface area contributed by atoms with Gasteiger partial charge in [-0.3, -0.25) is 10.1 Å². The van der Waals surface area contributed by atoms with Gasteiger partial charge in [0.05, 0.1) is 4.92 Å². The van der Waals surface area contributed by atoms with Gasteiger partial charge in [0.1, 0.15) is 6.33 Å². The van der Waals surface area contributed by atoms with E-state index in [0.29, 0.717) is 19.0 Å². The summed E-state index contributed by atoms with van der Waals surface area (Å²) in [6, 6.07) is 0. The van der Waals surface area contributed by atoms with Crippen LogP contribution in [0.2, 0.25) is 5.15 Å². The minimum atomic E-state index is -0.541. The Morgan fingerprint density at radius 2 is 2.18 bits per heavy atom. The SMILES string of the molecule is CCN(CC(C)C)c1ncnc(Cl)c1[N+](=O)[O-]. The average molecular weight is 259 g/mol. The lowest BCUT2D eigenvalue weighted by Gasteiger charge is -2.23. The van der Waals surface area contributed by atoms with Crippen molar-refractivity contribution < 1.29 is 4.92 Å². The molecule has 0 atom stereocenters. The van der Waals surface area contributed by atoms with Gasteiger partial charge in [0.2, 0.25) is 11.0 Å². The third-order valence-electron chi connectivity index (χ3n) is 2.21. The van der Waals surface area contributed by atoms with Crippen LogP contribution in [0.25, 0.3) is 0 Å². The number of halogens is 1. The molecule has 1 aromatic rings. The number of aromatic nitrogens is 2. The van der Waals surface area contributed by atoms with Crippen molar-refractivity contribution in [2.45, 2.75) is 20.8 Å². The van der Waals surface area contributed by atoms with E-state index in [9.17, 15) is 10.1 Å². The molecule has 0 aromatic carbocycles. The van der Waals surface area contributed by atoms with E-state index in [1.54, 1.807) is 0 Å². The predicted molar refractivity (Wildman–Crippen MR) is 66.4 cm³/mol. The van der Waals surface area contributed by atoms with Crippen LogP contribution in [0.1, 0.15) is 20.8 Å². The molecule has 0 radical (unpaired) electrons. The first-order chi connectivity index (χ1) is 7.97. The lowest BCUT2D eigenvalue weighted by Crippen LogP contribution is -2.29. The van der Waals surface area contributed by atoms with Crippen LogP contribution < -0.4 is 4.90 Å². The highest BCUT2D eigenvalue weighted by Gasteiger charge is 2.25. The topological polar surface area (TPSA) is 72.2 Å². The van der Waals surface area contributed by atoms with Crippen LogP contribution in [0.5, 0.6) is 0 Å². The largest absolute Gasteiger partial charge is 0.351 e. The predicted octanol–water partition coefficient (Wildman–Crippen LogP) is 2.52. The summed E-state index contributed by atoms with van der Waals surface area (Å²) in [6.45, 7) is 7.31. The molecule has 0 aliphatic carbocycles. The monoisotopic (exact) mass is 258 g/mol. The minimum Gasteiger partial charge on any atom is -0.351 e. The summed E-state index contributed by atoms with van der Waals surface area (Å²) in [7, 11) is 0. The summed E-state index contributed by atoms with van der Waals surface area (Å²) in [5.74, 6) is 0.662. The highest BCUT2D eigenvalue weighted by Crippen LogP contribution is 2.31. The van der Waals surface area contributed by atoms with Gasteiger partial charge in [-0.25, -0.2) is 9.97 Å². The van der Waals surface area contributed by atoms with E-state index in [0.717, 1.165) is 0 Å². The quantitative estimate of drug-likeness (QED) is 0.461. The Kier molecular flexibility index (Phi) is 4.62.